The molecular formula is C17H19NO4. The van der Waals surface area contributed by atoms with Crippen molar-refractivity contribution in [3.05, 3.63) is 48.0 Å². The van der Waals surface area contributed by atoms with Crippen molar-refractivity contribution in [1.29, 1.82) is 0 Å². The Kier molecular flexibility index (Phi) is 5.25. The molecule has 0 saturated carbocycles. The molecule has 2 rings (SSSR count). The maximum atomic E-state index is 12.2. The van der Waals surface area contributed by atoms with E-state index < -0.39 is 0 Å². The zero-order valence-electron chi connectivity index (χ0n) is 12.9. The first-order valence-electron chi connectivity index (χ1n) is 6.81. The standard InChI is InChI=1S/C17H19NO4/c1-20-13-10-14(21-2)17(15(11-13)22-3)18-16(19)9-12-7-5-4-6-8-12/h4-8,10-11H,9H2,1-3H3,(H,18,19). The van der Waals surface area contributed by atoms with Gasteiger partial charge in [0, 0.05) is 12.1 Å². The van der Waals surface area contributed by atoms with Gasteiger partial charge in [0.25, 0.3) is 0 Å². The molecule has 0 aromatic heterocycles. The van der Waals surface area contributed by atoms with E-state index in [1.165, 1.54) is 14.2 Å². The van der Waals surface area contributed by atoms with Gasteiger partial charge in [-0.15, -0.1) is 0 Å². The highest BCUT2D eigenvalue weighted by atomic mass is 16.5. The van der Waals surface area contributed by atoms with Gasteiger partial charge in [0.15, 0.2) is 0 Å². The first-order chi connectivity index (χ1) is 10.7. The number of hydrogen-bond donors (Lipinski definition) is 1. The van der Waals surface area contributed by atoms with E-state index in [2.05, 4.69) is 5.32 Å². The van der Waals surface area contributed by atoms with Crippen LogP contribution in [-0.2, 0) is 11.2 Å². The molecule has 116 valence electrons. The Morgan fingerprint density at radius 1 is 0.955 bits per heavy atom. The number of benzene rings is 2. The SMILES string of the molecule is COc1cc(OC)c(NC(=O)Cc2ccccc2)c(OC)c1. The molecule has 0 spiro atoms. The number of ether oxygens (including phenoxy) is 3. The van der Waals surface area contributed by atoms with Gasteiger partial charge >= 0.3 is 0 Å². The van der Waals surface area contributed by atoms with Crippen LogP contribution >= 0.6 is 0 Å². The zero-order valence-corrected chi connectivity index (χ0v) is 12.9. The van der Waals surface area contributed by atoms with Crippen molar-refractivity contribution in [1.82, 2.24) is 0 Å². The normalized spacial score (nSPS) is 9.95. The second kappa shape index (κ2) is 7.36. The molecule has 0 radical (unpaired) electrons. The number of amides is 1. The van der Waals surface area contributed by atoms with Crippen molar-refractivity contribution in [2.75, 3.05) is 26.6 Å². The van der Waals surface area contributed by atoms with Gasteiger partial charge < -0.3 is 19.5 Å². The van der Waals surface area contributed by atoms with E-state index in [1.54, 1.807) is 19.2 Å². The molecule has 2 aromatic carbocycles. The molecule has 0 aliphatic rings. The van der Waals surface area contributed by atoms with Gasteiger partial charge in [-0.3, -0.25) is 4.79 Å². The van der Waals surface area contributed by atoms with Crippen LogP contribution in [0.25, 0.3) is 0 Å². The number of nitrogens with one attached hydrogen (secondary N) is 1. The van der Waals surface area contributed by atoms with Crippen LogP contribution in [0.15, 0.2) is 42.5 Å². The van der Waals surface area contributed by atoms with Crippen LogP contribution in [0.1, 0.15) is 5.56 Å². The number of carbonyl (C=O) groups is 1. The molecule has 1 amide bonds. The summed E-state index contributed by atoms with van der Waals surface area (Å²) in [6.45, 7) is 0. The Bertz CT molecular complexity index is 615. The van der Waals surface area contributed by atoms with E-state index in [-0.39, 0.29) is 12.3 Å². The average molecular weight is 301 g/mol. The largest absolute Gasteiger partial charge is 0.496 e. The Morgan fingerprint density at radius 2 is 1.55 bits per heavy atom. The van der Waals surface area contributed by atoms with E-state index in [0.717, 1.165) is 5.56 Å². The molecule has 2 aromatic rings. The Labute approximate surface area is 129 Å². The first-order valence-corrected chi connectivity index (χ1v) is 6.81. The number of carbonyl (C=O) groups excluding carboxylic acids is 1. The Morgan fingerprint density at radius 3 is 2.05 bits per heavy atom. The lowest BCUT2D eigenvalue weighted by molar-refractivity contribution is -0.115. The smallest absolute Gasteiger partial charge is 0.228 e. The summed E-state index contributed by atoms with van der Waals surface area (Å²) in [6.07, 6.45) is 0.277. The van der Waals surface area contributed by atoms with Crippen LogP contribution < -0.4 is 19.5 Å². The number of anilines is 1. The highest BCUT2D eigenvalue weighted by molar-refractivity contribution is 5.95. The minimum absolute atomic E-state index is 0.145. The van der Waals surface area contributed by atoms with Crippen molar-refractivity contribution < 1.29 is 19.0 Å². The fraction of sp³-hybridized carbons (Fsp3) is 0.235. The van der Waals surface area contributed by atoms with Gasteiger partial charge in [0.05, 0.1) is 27.8 Å². The van der Waals surface area contributed by atoms with Crippen molar-refractivity contribution in [3.63, 3.8) is 0 Å². The Hall–Kier alpha value is -2.69. The summed E-state index contributed by atoms with van der Waals surface area (Å²) >= 11 is 0. The highest BCUT2D eigenvalue weighted by Crippen LogP contribution is 2.38. The predicted molar refractivity (Wildman–Crippen MR) is 84.9 cm³/mol. The summed E-state index contributed by atoms with van der Waals surface area (Å²) in [5.74, 6) is 1.41. The first kappa shape index (κ1) is 15.7. The van der Waals surface area contributed by atoms with Crippen molar-refractivity contribution >= 4 is 11.6 Å². The maximum Gasteiger partial charge on any atom is 0.228 e. The molecular weight excluding hydrogens is 282 g/mol. The monoisotopic (exact) mass is 301 g/mol. The van der Waals surface area contributed by atoms with Crippen molar-refractivity contribution in [2.45, 2.75) is 6.42 Å². The molecule has 0 atom stereocenters. The second-order valence-corrected chi connectivity index (χ2v) is 4.62. The molecule has 0 saturated heterocycles. The van der Waals surface area contributed by atoms with Gasteiger partial charge in [-0.2, -0.15) is 0 Å². The molecule has 1 N–H and O–H groups in total. The average Bonchev–Trinajstić information content (AvgIpc) is 2.55. The molecule has 5 heteroatoms. The summed E-state index contributed by atoms with van der Waals surface area (Å²) < 4.78 is 15.8. The molecule has 22 heavy (non-hydrogen) atoms. The third-order valence-corrected chi connectivity index (χ3v) is 3.19. The van der Waals surface area contributed by atoms with E-state index in [4.69, 9.17) is 14.2 Å². The summed E-state index contributed by atoms with van der Waals surface area (Å²) in [5.41, 5.74) is 1.43. The number of rotatable bonds is 6. The molecule has 0 bridgehead atoms. The maximum absolute atomic E-state index is 12.2. The molecule has 0 aliphatic heterocycles. The highest BCUT2D eigenvalue weighted by Gasteiger charge is 2.16. The minimum atomic E-state index is -0.145. The molecule has 0 unspecified atom stereocenters. The summed E-state index contributed by atoms with van der Waals surface area (Å²) in [7, 11) is 4.62. The van der Waals surface area contributed by atoms with Crippen LogP contribution in [0.3, 0.4) is 0 Å². The fourth-order valence-corrected chi connectivity index (χ4v) is 2.09. The third kappa shape index (κ3) is 3.69. The Balaban J connectivity index is 2.22. The van der Waals surface area contributed by atoms with Crippen LogP contribution in [0.2, 0.25) is 0 Å². The van der Waals surface area contributed by atoms with Gasteiger partial charge in [-0.25, -0.2) is 0 Å². The van der Waals surface area contributed by atoms with Crippen LogP contribution in [0, 0.1) is 0 Å². The van der Waals surface area contributed by atoms with E-state index in [9.17, 15) is 4.79 Å². The van der Waals surface area contributed by atoms with E-state index >= 15 is 0 Å². The predicted octanol–water partition coefficient (Wildman–Crippen LogP) is 2.89. The summed E-state index contributed by atoms with van der Waals surface area (Å²) in [4.78, 5) is 12.2. The fourth-order valence-electron chi connectivity index (χ4n) is 2.09. The van der Waals surface area contributed by atoms with Gasteiger partial charge in [-0.05, 0) is 5.56 Å². The quantitative estimate of drug-likeness (QED) is 0.891. The van der Waals surface area contributed by atoms with Crippen molar-refractivity contribution in [2.24, 2.45) is 0 Å². The van der Waals surface area contributed by atoms with Gasteiger partial charge in [0.2, 0.25) is 5.91 Å². The van der Waals surface area contributed by atoms with Crippen LogP contribution in [-0.4, -0.2) is 27.2 Å². The third-order valence-electron chi connectivity index (χ3n) is 3.19. The van der Waals surface area contributed by atoms with Crippen LogP contribution in [0.5, 0.6) is 17.2 Å². The lowest BCUT2D eigenvalue weighted by atomic mass is 10.1. The molecule has 5 nitrogen and oxygen atoms in total. The number of hydrogen-bond acceptors (Lipinski definition) is 4. The molecule has 0 fully saturated rings. The zero-order chi connectivity index (χ0) is 15.9. The molecule has 0 aliphatic carbocycles. The van der Waals surface area contributed by atoms with Crippen LogP contribution in [0.4, 0.5) is 5.69 Å². The van der Waals surface area contributed by atoms with Gasteiger partial charge in [0.1, 0.15) is 22.9 Å². The van der Waals surface area contributed by atoms with Crippen molar-refractivity contribution in [3.8, 4) is 17.2 Å². The lowest BCUT2D eigenvalue weighted by Crippen LogP contribution is -2.15. The summed E-state index contributed by atoms with van der Waals surface area (Å²) in [5, 5.41) is 2.84. The molecule has 0 heterocycles. The summed E-state index contributed by atoms with van der Waals surface area (Å²) in [6, 6.07) is 12.9. The topological polar surface area (TPSA) is 56.8 Å². The van der Waals surface area contributed by atoms with Gasteiger partial charge in [-0.1, -0.05) is 30.3 Å². The number of methoxy groups -OCH3 is 3. The van der Waals surface area contributed by atoms with E-state index in [1.807, 2.05) is 30.3 Å². The minimum Gasteiger partial charge on any atom is -0.496 e. The second-order valence-electron chi connectivity index (χ2n) is 4.62. The van der Waals surface area contributed by atoms with E-state index in [0.29, 0.717) is 22.9 Å². The lowest BCUT2D eigenvalue weighted by Gasteiger charge is -2.15.